The van der Waals surface area contributed by atoms with Gasteiger partial charge in [-0.15, -0.1) is 0 Å². The first kappa shape index (κ1) is 13.2. The normalized spacial score (nSPS) is 12.2. The smallest absolute Gasteiger partial charge is 0.307 e. The zero-order chi connectivity index (χ0) is 12.0. The molecule has 1 rings (SSSR count). The number of halogens is 1. The summed E-state index contributed by atoms with van der Waals surface area (Å²) in [5.41, 5.74) is 6.99. The Kier molecular flexibility index (Phi) is 5.49. The molecular weight excluding hydrogens is 270 g/mol. The van der Waals surface area contributed by atoms with E-state index in [0.717, 1.165) is 10.0 Å². The summed E-state index contributed by atoms with van der Waals surface area (Å²) in [6, 6.07) is 7.74. The van der Waals surface area contributed by atoms with Gasteiger partial charge in [-0.05, 0) is 31.0 Å². The fourth-order valence-corrected chi connectivity index (χ4v) is 1.69. The van der Waals surface area contributed by atoms with Crippen LogP contribution in [-0.4, -0.2) is 18.6 Å². The number of ether oxygens (including phenoxy) is 1. The Bertz CT molecular complexity index is 337. The minimum Gasteiger partial charge on any atom is -0.466 e. The van der Waals surface area contributed by atoms with Crippen LogP contribution in [0.25, 0.3) is 0 Å². The summed E-state index contributed by atoms with van der Waals surface area (Å²) in [6.07, 6.45) is 0.954. The van der Waals surface area contributed by atoms with Crippen LogP contribution in [0.5, 0.6) is 0 Å². The van der Waals surface area contributed by atoms with Crippen LogP contribution in [0.1, 0.15) is 18.9 Å². The van der Waals surface area contributed by atoms with Gasteiger partial charge >= 0.3 is 5.97 Å². The molecule has 4 heteroatoms. The molecule has 0 bridgehead atoms. The topological polar surface area (TPSA) is 52.3 Å². The fourth-order valence-electron chi connectivity index (χ4n) is 1.43. The largest absolute Gasteiger partial charge is 0.466 e. The Labute approximate surface area is 104 Å². The van der Waals surface area contributed by atoms with Gasteiger partial charge in [0.15, 0.2) is 0 Å². The zero-order valence-corrected chi connectivity index (χ0v) is 10.9. The van der Waals surface area contributed by atoms with E-state index in [1.54, 1.807) is 6.92 Å². The summed E-state index contributed by atoms with van der Waals surface area (Å²) >= 11 is 3.37. The van der Waals surface area contributed by atoms with E-state index in [2.05, 4.69) is 15.9 Å². The van der Waals surface area contributed by atoms with Gasteiger partial charge in [0.2, 0.25) is 0 Å². The molecule has 0 radical (unpaired) electrons. The van der Waals surface area contributed by atoms with Gasteiger partial charge in [0.1, 0.15) is 0 Å². The molecule has 0 amide bonds. The highest BCUT2D eigenvalue weighted by molar-refractivity contribution is 9.10. The number of hydrogen-bond acceptors (Lipinski definition) is 3. The lowest BCUT2D eigenvalue weighted by molar-refractivity contribution is -0.143. The van der Waals surface area contributed by atoms with Crippen LogP contribution in [0.2, 0.25) is 0 Å². The molecule has 16 heavy (non-hydrogen) atoms. The number of carbonyl (C=O) groups excluding carboxylic acids is 1. The van der Waals surface area contributed by atoms with Crippen LogP contribution in [0.15, 0.2) is 28.7 Å². The maximum Gasteiger partial charge on any atom is 0.307 e. The molecule has 0 spiro atoms. The van der Waals surface area contributed by atoms with E-state index >= 15 is 0 Å². The van der Waals surface area contributed by atoms with Crippen molar-refractivity contribution in [2.45, 2.75) is 25.8 Å². The van der Waals surface area contributed by atoms with Crippen molar-refractivity contribution in [2.75, 3.05) is 6.61 Å². The highest BCUT2D eigenvalue weighted by Crippen LogP contribution is 2.12. The van der Waals surface area contributed by atoms with E-state index in [4.69, 9.17) is 10.5 Å². The second-order valence-electron chi connectivity index (χ2n) is 3.60. The van der Waals surface area contributed by atoms with Gasteiger partial charge in [0.05, 0.1) is 13.0 Å². The van der Waals surface area contributed by atoms with Gasteiger partial charge < -0.3 is 10.5 Å². The van der Waals surface area contributed by atoms with Crippen molar-refractivity contribution in [3.63, 3.8) is 0 Å². The van der Waals surface area contributed by atoms with E-state index in [0.29, 0.717) is 13.0 Å². The summed E-state index contributed by atoms with van der Waals surface area (Å²) in [6.45, 7) is 2.20. The standard InChI is InChI=1S/C12H16BrNO2/c1-2-16-12(15)8-11(14)7-9-3-5-10(13)6-4-9/h3-6,11H,2,7-8,14H2,1H3/t11-/m0/s1. The molecule has 1 aromatic carbocycles. The van der Waals surface area contributed by atoms with Crippen molar-refractivity contribution < 1.29 is 9.53 Å². The van der Waals surface area contributed by atoms with Crippen LogP contribution < -0.4 is 5.73 Å². The lowest BCUT2D eigenvalue weighted by Crippen LogP contribution is -2.27. The van der Waals surface area contributed by atoms with Gasteiger partial charge in [0, 0.05) is 10.5 Å². The first-order chi connectivity index (χ1) is 7.61. The number of carbonyl (C=O) groups is 1. The zero-order valence-electron chi connectivity index (χ0n) is 9.28. The second-order valence-corrected chi connectivity index (χ2v) is 4.52. The van der Waals surface area contributed by atoms with E-state index in [1.807, 2.05) is 24.3 Å². The minimum atomic E-state index is -0.230. The maximum absolute atomic E-state index is 11.2. The predicted molar refractivity (Wildman–Crippen MR) is 67.1 cm³/mol. The summed E-state index contributed by atoms with van der Waals surface area (Å²) < 4.78 is 5.88. The molecule has 2 N–H and O–H groups in total. The molecule has 0 saturated carbocycles. The van der Waals surface area contributed by atoms with Crippen molar-refractivity contribution in [2.24, 2.45) is 5.73 Å². The molecule has 0 aliphatic heterocycles. The Morgan fingerprint density at radius 1 is 1.44 bits per heavy atom. The second kappa shape index (κ2) is 6.66. The molecular formula is C12H16BrNO2. The highest BCUT2D eigenvalue weighted by Gasteiger charge is 2.10. The van der Waals surface area contributed by atoms with Crippen molar-refractivity contribution in [1.82, 2.24) is 0 Å². The molecule has 0 heterocycles. The van der Waals surface area contributed by atoms with Crippen LogP contribution in [0.3, 0.4) is 0 Å². The first-order valence-corrected chi connectivity index (χ1v) is 6.06. The summed E-state index contributed by atoms with van der Waals surface area (Å²) in [5.74, 6) is -0.230. The lowest BCUT2D eigenvalue weighted by Gasteiger charge is -2.10. The summed E-state index contributed by atoms with van der Waals surface area (Å²) in [5, 5.41) is 0. The molecule has 0 aliphatic carbocycles. The van der Waals surface area contributed by atoms with Crippen molar-refractivity contribution >= 4 is 21.9 Å². The molecule has 1 atom stereocenters. The quantitative estimate of drug-likeness (QED) is 0.845. The average Bonchev–Trinajstić information content (AvgIpc) is 2.21. The number of benzene rings is 1. The van der Waals surface area contributed by atoms with Crippen molar-refractivity contribution in [3.8, 4) is 0 Å². The summed E-state index contributed by atoms with van der Waals surface area (Å²) in [4.78, 5) is 11.2. The van der Waals surface area contributed by atoms with Gasteiger partial charge in [0.25, 0.3) is 0 Å². The number of rotatable bonds is 5. The third kappa shape index (κ3) is 4.77. The van der Waals surface area contributed by atoms with Crippen molar-refractivity contribution in [1.29, 1.82) is 0 Å². The van der Waals surface area contributed by atoms with Gasteiger partial charge in [-0.25, -0.2) is 0 Å². The van der Waals surface area contributed by atoms with E-state index in [-0.39, 0.29) is 18.4 Å². The van der Waals surface area contributed by atoms with Crippen LogP contribution in [0, 0.1) is 0 Å². The lowest BCUT2D eigenvalue weighted by atomic mass is 10.0. The Morgan fingerprint density at radius 2 is 2.06 bits per heavy atom. The summed E-state index contributed by atoms with van der Waals surface area (Å²) in [7, 11) is 0. The van der Waals surface area contributed by atoms with Crippen molar-refractivity contribution in [3.05, 3.63) is 34.3 Å². The number of nitrogens with two attached hydrogens (primary N) is 1. The molecule has 88 valence electrons. The number of esters is 1. The Morgan fingerprint density at radius 3 is 2.62 bits per heavy atom. The first-order valence-electron chi connectivity index (χ1n) is 5.27. The van der Waals surface area contributed by atoms with E-state index in [9.17, 15) is 4.79 Å². The molecule has 3 nitrogen and oxygen atoms in total. The molecule has 0 unspecified atom stereocenters. The molecule has 1 aromatic rings. The van der Waals surface area contributed by atoms with Gasteiger partial charge in [-0.3, -0.25) is 4.79 Å². The van der Waals surface area contributed by atoms with E-state index in [1.165, 1.54) is 0 Å². The van der Waals surface area contributed by atoms with Crippen LogP contribution in [-0.2, 0) is 16.0 Å². The SMILES string of the molecule is CCOC(=O)C[C@@H](N)Cc1ccc(Br)cc1. The molecule has 0 saturated heterocycles. The average molecular weight is 286 g/mol. The monoisotopic (exact) mass is 285 g/mol. The third-order valence-corrected chi connectivity index (χ3v) is 2.67. The molecule has 0 aliphatic rings. The molecule has 0 aromatic heterocycles. The highest BCUT2D eigenvalue weighted by atomic mass is 79.9. The van der Waals surface area contributed by atoms with E-state index < -0.39 is 0 Å². The fraction of sp³-hybridized carbons (Fsp3) is 0.417. The Hall–Kier alpha value is -0.870. The predicted octanol–water partition coefficient (Wildman–Crippen LogP) is 2.27. The van der Waals surface area contributed by atoms with Gasteiger partial charge in [-0.1, -0.05) is 28.1 Å². The number of hydrogen-bond donors (Lipinski definition) is 1. The maximum atomic E-state index is 11.2. The minimum absolute atomic E-state index is 0.180. The Balaban J connectivity index is 2.42. The van der Waals surface area contributed by atoms with Crippen LogP contribution in [0.4, 0.5) is 0 Å². The molecule has 0 fully saturated rings. The van der Waals surface area contributed by atoms with Crippen LogP contribution >= 0.6 is 15.9 Å². The third-order valence-electron chi connectivity index (χ3n) is 2.15. The van der Waals surface area contributed by atoms with Gasteiger partial charge in [-0.2, -0.15) is 0 Å².